The molecule has 0 radical (unpaired) electrons. The van der Waals surface area contributed by atoms with Gasteiger partial charge >= 0.3 is 0 Å². The lowest BCUT2D eigenvalue weighted by Crippen LogP contribution is -2.15. The van der Waals surface area contributed by atoms with E-state index in [0.29, 0.717) is 12.3 Å². The maximum absolute atomic E-state index is 11.5. The molecule has 8 heteroatoms. The highest BCUT2D eigenvalue weighted by atomic mass is 16.5. The minimum atomic E-state index is -0.308. The van der Waals surface area contributed by atoms with E-state index in [1.807, 2.05) is 26.0 Å². The van der Waals surface area contributed by atoms with Crippen LogP contribution >= 0.6 is 0 Å². The van der Waals surface area contributed by atoms with E-state index < -0.39 is 0 Å². The number of anilines is 1. The molecule has 2 N–H and O–H groups in total. The number of benzene rings is 1. The average Bonchev–Trinajstić information content (AvgIpc) is 2.90. The third-order valence-corrected chi connectivity index (χ3v) is 3.56. The van der Waals surface area contributed by atoms with Crippen LogP contribution in [0.5, 0.6) is 11.5 Å². The number of H-pyrrole nitrogens is 1. The molecule has 1 aromatic heterocycles. The molecule has 8 nitrogen and oxygen atoms in total. The van der Waals surface area contributed by atoms with Gasteiger partial charge in [0.25, 0.3) is 5.56 Å². The molecule has 0 aliphatic carbocycles. The van der Waals surface area contributed by atoms with Crippen LogP contribution in [0.2, 0.25) is 0 Å². The van der Waals surface area contributed by atoms with Crippen LogP contribution in [0.1, 0.15) is 30.7 Å². The number of aryl methyl sites for hydroxylation is 1. The number of hydrazone groups is 1. The molecular formula is C16H19N5O3. The molecule has 0 saturated carbocycles. The number of rotatable bonds is 5. The van der Waals surface area contributed by atoms with E-state index in [4.69, 9.17) is 9.47 Å². The maximum Gasteiger partial charge on any atom is 0.274 e. The van der Waals surface area contributed by atoms with Crippen LogP contribution in [-0.4, -0.2) is 34.1 Å². The first-order chi connectivity index (χ1) is 11.6. The molecule has 2 aromatic rings. The van der Waals surface area contributed by atoms with Gasteiger partial charge in [0.05, 0.1) is 12.8 Å². The Bertz CT molecular complexity index is 831. The van der Waals surface area contributed by atoms with Gasteiger partial charge in [-0.05, 0) is 32.9 Å². The number of nitrogens with zero attached hydrogens (tertiary/aromatic N) is 3. The first kappa shape index (κ1) is 16.0. The SMILES string of the molecule is CCOc1cc2c(cc1/C=N\Nc1nnc(C)c(=O)[nH]1)O[C@@H](C)C2. The molecule has 126 valence electrons. The van der Waals surface area contributed by atoms with E-state index in [1.54, 1.807) is 13.1 Å². The van der Waals surface area contributed by atoms with Crippen molar-refractivity contribution in [2.24, 2.45) is 5.10 Å². The quantitative estimate of drug-likeness (QED) is 0.639. The highest BCUT2D eigenvalue weighted by Gasteiger charge is 2.21. The third-order valence-electron chi connectivity index (χ3n) is 3.56. The van der Waals surface area contributed by atoms with Crippen LogP contribution in [-0.2, 0) is 6.42 Å². The molecule has 1 aliphatic rings. The lowest BCUT2D eigenvalue weighted by Gasteiger charge is -2.09. The molecule has 0 spiro atoms. The van der Waals surface area contributed by atoms with Gasteiger partial charge in [-0.1, -0.05) is 0 Å². The topological polar surface area (TPSA) is 101 Å². The maximum atomic E-state index is 11.5. The van der Waals surface area contributed by atoms with Crippen molar-refractivity contribution < 1.29 is 9.47 Å². The smallest absolute Gasteiger partial charge is 0.274 e. The molecule has 1 aromatic carbocycles. The third kappa shape index (κ3) is 3.37. The summed E-state index contributed by atoms with van der Waals surface area (Å²) in [6.45, 7) is 6.10. The lowest BCUT2D eigenvalue weighted by atomic mass is 10.1. The molecule has 0 bridgehead atoms. The van der Waals surface area contributed by atoms with Crippen LogP contribution in [0.4, 0.5) is 5.95 Å². The van der Waals surface area contributed by atoms with E-state index in [9.17, 15) is 4.79 Å². The first-order valence-corrected chi connectivity index (χ1v) is 7.76. The van der Waals surface area contributed by atoms with Crippen molar-refractivity contribution in [2.75, 3.05) is 12.0 Å². The Hall–Kier alpha value is -2.90. The Morgan fingerprint density at radius 3 is 3.08 bits per heavy atom. The number of aromatic nitrogens is 3. The van der Waals surface area contributed by atoms with Crippen LogP contribution < -0.4 is 20.5 Å². The predicted octanol–water partition coefficient (Wildman–Crippen LogP) is 1.64. The summed E-state index contributed by atoms with van der Waals surface area (Å²) >= 11 is 0. The normalized spacial score (nSPS) is 16.0. The van der Waals surface area contributed by atoms with Gasteiger partial charge in [0.1, 0.15) is 23.3 Å². The van der Waals surface area contributed by atoms with Crippen molar-refractivity contribution >= 4 is 12.2 Å². The van der Waals surface area contributed by atoms with Gasteiger partial charge in [0.15, 0.2) is 0 Å². The van der Waals surface area contributed by atoms with E-state index in [0.717, 1.165) is 29.0 Å². The zero-order valence-corrected chi connectivity index (χ0v) is 13.8. The Morgan fingerprint density at radius 1 is 1.50 bits per heavy atom. The zero-order valence-electron chi connectivity index (χ0n) is 13.8. The van der Waals surface area contributed by atoms with Crippen molar-refractivity contribution in [1.29, 1.82) is 0 Å². The van der Waals surface area contributed by atoms with Gasteiger partial charge in [-0.3, -0.25) is 9.78 Å². The Labute approximate surface area is 138 Å². The molecule has 3 rings (SSSR count). The van der Waals surface area contributed by atoms with E-state index in [2.05, 4.69) is 25.7 Å². The second-order valence-electron chi connectivity index (χ2n) is 5.52. The molecular weight excluding hydrogens is 310 g/mol. The van der Waals surface area contributed by atoms with Crippen LogP contribution in [0.25, 0.3) is 0 Å². The monoisotopic (exact) mass is 329 g/mol. The first-order valence-electron chi connectivity index (χ1n) is 7.76. The second-order valence-corrected chi connectivity index (χ2v) is 5.52. The number of ether oxygens (including phenoxy) is 2. The number of fused-ring (bicyclic) bond motifs is 1. The van der Waals surface area contributed by atoms with Gasteiger partial charge in [-0.2, -0.15) is 5.10 Å². The highest BCUT2D eigenvalue weighted by molar-refractivity contribution is 5.85. The fourth-order valence-corrected chi connectivity index (χ4v) is 2.44. The highest BCUT2D eigenvalue weighted by Crippen LogP contribution is 2.34. The fraction of sp³-hybridized carbons (Fsp3) is 0.375. The Balaban J connectivity index is 1.81. The number of hydrogen-bond donors (Lipinski definition) is 2. The van der Waals surface area contributed by atoms with Gasteiger partial charge in [0, 0.05) is 17.5 Å². The van der Waals surface area contributed by atoms with Gasteiger partial charge in [-0.15, -0.1) is 10.2 Å². The summed E-state index contributed by atoms with van der Waals surface area (Å²) in [6.07, 6.45) is 2.62. The molecule has 0 saturated heterocycles. The molecule has 0 fully saturated rings. The van der Waals surface area contributed by atoms with Gasteiger partial charge in [0.2, 0.25) is 5.95 Å². The van der Waals surface area contributed by atoms with Crippen LogP contribution in [0.15, 0.2) is 22.0 Å². The summed E-state index contributed by atoms with van der Waals surface area (Å²) in [6, 6.07) is 3.88. The molecule has 0 amide bonds. The largest absolute Gasteiger partial charge is 0.493 e. The number of aromatic amines is 1. The predicted molar refractivity (Wildman–Crippen MR) is 90.0 cm³/mol. The number of nitrogens with one attached hydrogen (secondary N) is 2. The summed E-state index contributed by atoms with van der Waals surface area (Å²) in [5.41, 5.74) is 4.55. The van der Waals surface area contributed by atoms with Gasteiger partial charge < -0.3 is 9.47 Å². The van der Waals surface area contributed by atoms with Crippen molar-refractivity contribution in [3.05, 3.63) is 39.3 Å². The van der Waals surface area contributed by atoms with Crippen molar-refractivity contribution in [1.82, 2.24) is 15.2 Å². The average molecular weight is 329 g/mol. The van der Waals surface area contributed by atoms with Crippen molar-refractivity contribution in [3.63, 3.8) is 0 Å². The van der Waals surface area contributed by atoms with Crippen molar-refractivity contribution in [2.45, 2.75) is 33.3 Å². The summed E-state index contributed by atoms with van der Waals surface area (Å²) in [5.74, 6) is 1.75. The number of hydrogen-bond acceptors (Lipinski definition) is 7. The fourth-order valence-electron chi connectivity index (χ4n) is 2.44. The van der Waals surface area contributed by atoms with Crippen molar-refractivity contribution in [3.8, 4) is 11.5 Å². The Morgan fingerprint density at radius 2 is 2.33 bits per heavy atom. The minimum absolute atomic E-state index is 0.160. The summed E-state index contributed by atoms with van der Waals surface area (Å²) in [5, 5.41) is 11.6. The van der Waals surface area contributed by atoms with E-state index >= 15 is 0 Å². The molecule has 0 unspecified atom stereocenters. The molecule has 24 heavy (non-hydrogen) atoms. The van der Waals surface area contributed by atoms with E-state index in [-0.39, 0.29) is 17.6 Å². The van der Waals surface area contributed by atoms with E-state index in [1.165, 1.54) is 0 Å². The minimum Gasteiger partial charge on any atom is -0.493 e. The zero-order chi connectivity index (χ0) is 17.1. The molecule has 1 atom stereocenters. The lowest BCUT2D eigenvalue weighted by molar-refractivity contribution is 0.254. The molecule has 1 aliphatic heterocycles. The molecule has 2 heterocycles. The second kappa shape index (κ2) is 6.69. The van der Waals surface area contributed by atoms with Gasteiger partial charge in [-0.25, -0.2) is 5.43 Å². The standard InChI is InChI=1S/C16H19N5O3/c1-4-23-13-6-11-5-9(2)24-14(11)7-12(13)8-17-20-16-18-15(22)10(3)19-21-16/h6-9H,4-5H2,1-3H3,(H2,18,20,21,22)/b17-8-/t9-/m0/s1. The van der Waals surface area contributed by atoms with Crippen LogP contribution in [0, 0.1) is 6.92 Å². The summed E-state index contributed by atoms with van der Waals surface area (Å²) in [4.78, 5) is 14.0. The Kier molecular flexibility index (Phi) is 4.45. The summed E-state index contributed by atoms with van der Waals surface area (Å²) in [7, 11) is 0. The van der Waals surface area contributed by atoms with Crippen LogP contribution in [0.3, 0.4) is 0 Å². The summed E-state index contributed by atoms with van der Waals surface area (Å²) < 4.78 is 11.4.